The maximum atomic E-state index is 8.67. The van der Waals surface area contributed by atoms with Gasteiger partial charge in [0, 0.05) is 33.3 Å². The molecule has 0 atom stereocenters. The molecular weight excluding hydrogens is 286 g/mol. The zero-order valence-corrected chi connectivity index (χ0v) is 12.3. The lowest BCUT2D eigenvalue weighted by Gasteiger charge is -2.23. The molecule has 1 aromatic heterocycles. The molecule has 1 heterocycles. The molecule has 92 valence electrons. The van der Waals surface area contributed by atoms with Crippen LogP contribution in [0.15, 0.2) is 15.9 Å². The van der Waals surface area contributed by atoms with Crippen molar-refractivity contribution in [2.45, 2.75) is 32.1 Å². The summed E-state index contributed by atoms with van der Waals surface area (Å²) in [6.45, 7) is 6.76. The van der Waals surface area contributed by atoms with Gasteiger partial charge >= 0.3 is 0 Å². The summed E-state index contributed by atoms with van der Waals surface area (Å²) in [5.41, 5.74) is 0.176. The van der Waals surface area contributed by atoms with E-state index in [0.29, 0.717) is 6.61 Å². The van der Waals surface area contributed by atoms with Crippen molar-refractivity contribution in [2.24, 2.45) is 0 Å². The summed E-state index contributed by atoms with van der Waals surface area (Å²) in [7, 11) is 0. The third-order valence-electron chi connectivity index (χ3n) is 2.56. The molecule has 0 spiro atoms. The number of unbranched alkanes of at least 4 members (excludes halogenated alkanes) is 1. The van der Waals surface area contributed by atoms with Crippen molar-refractivity contribution in [3.63, 3.8) is 0 Å². The van der Waals surface area contributed by atoms with E-state index in [9.17, 15) is 0 Å². The normalized spacial score (nSPS) is 12.0. The maximum Gasteiger partial charge on any atom is 0.0431 e. The van der Waals surface area contributed by atoms with Gasteiger partial charge in [0.1, 0.15) is 0 Å². The molecule has 0 fully saturated rings. The third-order valence-corrected chi connectivity index (χ3v) is 4.62. The number of rotatable bonds is 7. The predicted octanol–water partition coefficient (Wildman–Crippen LogP) is 3.15. The molecule has 0 aliphatic rings. The lowest BCUT2D eigenvalue weighted by atomic mass is 9.91. The van der Waals surface area contributed by atoms with Crippen molar-refractivity contribution in [1.82, 2.24) is 5.32 Å². The average molecular weight is 306 g/mol. The molecule has 0 radical (unpaired) electrons. The van der Waals surface area contributed by atoms with Crippen LogP contribution >= 0.6 is 27.3 Å². The minimum absolute atomic E-state index is 0.176. The molecule has 4 heteroatoms. The lowest BCUT2D eigenvalue weighted by Crippen LogP contribution is -2.32. The molecule has 16 heavy (non-hydrogen) atoms. The number of nitrogens with one attached hydrogen (secondary N) is 1. The molecule has 2 N–H and O–H groups in total. The maximum absolute atomic E-state index is 8.67. The van der Waals surface area contributed by atoms with E-state index in [0.717, 1.165) is 25.9 Å². The van der Waals surface area contributed by atoms with Crippen LogP contribution in [-0.4, -0.2) is 24.8 Å². The van der Waals surface area contributed by atoms with Crippen LogP contribution in [0.3, 0.4) is 0 Å². The molecule has 0 amide bonds. The minimum Gasteiger partial charge on any atom is -0.396 e. The topological polar surface area (TPSA) is 32.3 Å². The van der Waals surface area contributed by atoms with Gasteiger partial charge in [0.2, 0.25) is 0 Å². The van der Waals surface area contributed by atoms with E-state index in [-0.39, 0.29) is 5.41 Å². The Bertz CT molecular complexity index is 312. The van der Waals surface area contributed by atoms with Gasteiger partial charge in [0.25, 0.3) is 0 Å². The molecule has 1 rings (SSSR count). The summed E-state index contributed by atoms with van der Waals surface area (Å²) < 4.78 is 1.17. The Hall–Kier alpha value is 0.1000. The highest BCUT2D eigenvalue weighted by Crippen LogP contribution is 2.30. The summed E-state index contributed by atoms with van der Waals surface area (Å²) in [4.78, 5) is 1.40. The first-order valence-corrected chi connectivity index (χ1v) is 7.29. The van der Waals surface area contributed by atoms with Crippen LogP contribution in [0.25, 0.3) is 0 Å². The molecular formula is C12H20BrNOS. The van der Waals surface area contributed by atoms with Gasteiger partial charge < -0.3 is 10.4 Å². The highest BCUT2D eigenvalue weighted by Gasteiger charge is 2.21. The fourth-order valence-corrected chi connectivity index (χ4v) is 3.07. The molecule has 0 unspecified atom stereocenters. The van der Waals surface area contributed by atoms with Gasteiger partial charge in [-0.2, -0.15) is 0 Å². The van der Waals surface area contributed by atoms with Crippen molar-refractivity contribution < 1.29 is 5.11 Å². The summed E-state index contributed by atoms with van der Waals surface area (Å²) in [6.07, 6.45) is 1.93. The fourth-order valence-electron chi connectivity index (χ4n) is 1.52. The highest BCUT2D eigenvalue weighted by atomic mass is 79.9. The molecule has 0 saturated heterocycles. The van der Waals surface area contributed by atoms with E-state index in [2.05, 4.69) is 46.5 Å². The second kappa shape index (κ2) is 6.74. The molecule has 0 aliphatic carbocycles. The van der Waals surface area contributed by atoms with Gasteiger partial charge in [-0.05, 0) is 41.4 Å². The van der Waals surface area contributed by atoms with Crippen LogP contribution in [0.1, 0.15) is 31.6 Å². The Balaban J connectivity index is 2.34. The SMILES string of the molecule is CC(C)(CNCCCCO)c1cc(Br)cs1. The number of hydrogen-bond acceptors (Lipinski definition) is 3. The van der Waals surface area contributed by atoms with Crippen molar-refractivity contribution >= 4 is 27.3 Å². The molecule has 0 bridgehead atoms. The first-order chi connectivity index (χ1) is 7.56. The second-order valence-corrected chi connectivity index (χ2v) is 6.45. The van der Waals surface area contributed by atoms with Crippen LogP contribution in [0.4, 0.5) is 0 Å². The summed E-state index contributed by atoms with van der Waals surface area (Å²) in [6, 6.07) is 2.19. The Kier molecular flexibility index (Phi) is 5.97. The summed E-state index contributed by atoms with van der Waals surface area (Å²) in [5.74, 6) is 0. The van der Waals surface area contributed by atoms with E-state index in [1.807, 2.05) is 0 Å². The van der Waals surface area contributed by atoms with Crippen LogP contribution < -0.4 is 5.32 Å². The van der Waals surface area contributed by atoms with Crippen molar-refractivity contribution in [1.29, 1.82) is 0 Å². The van der Waals surface area contributed by atoms with Crippen molar-refractivity contribution in [2.75, 3.05) is 19.7 Å². The average Bonchev–Trinajstić information content (AvgIpc) is 2.65. The predicted molar refractivity (Wildman–Crippen MR) is 74.2 cm³/mol. The first-order valence-electron chi connectivity index (χ1n) is 5.62. The van der Waals surface area contributed by atoms with Crippen LogP contribution in [0, 0.1) is 0 Å². The largest absolute Gasteiger partial charge is 0.396 e. The number of thiophene rings is 1. The zero-order chi connectivity index (χ0) is 12.0. The van der Waals surface area contributed by atoms with Crippen LogP contribution in [0.5, 0.6) is 0 Å². The number of aliphatic hydroxyl groups is 1. The van der Waals surface area contributed by atoms with Crippen LogP contribution in [0.2, 0.25) is 0 Å². The van der Waals surface area contributed by atoms with Gasteiger partial charge in [-0.15, -0.1) is 11.3 Å². The van der Waals surface area contributed by atoms with E-state index in [4.69, 9.17) is 5.11 Å². The molecule has 0 saturated carbocycles. The Morgan fingerprint density at radius 3 is 2.75 bits per heavy atom. The van der Waals surface area contributed by atoms with Gasteiger partial charge in [0.05, 0.1) is 0 Å². The minimum atomic E-state index is 0.176. The first kappa shape index (κ1) is 14.2. The van der Waals surface area contributed by atoms with E-state index < -0.39 is 0 Å². The summed E-state index contributed by atoms with van der Waals surface area (Å²) >= 11 is 5.29. The number of halogens is 1. The van der Waals surface area contributed by atoms with E-state index in [1.165, 1.54) is 9.35 Å². The Morgan fingerprint density at radius 2 is 2.19 bits per heavy atom. The van der Waals surface area contributed by atoms with Gasteiger partial charge in [-0.1, -0.05) is 13.8 Å². The molecule has 1 aromatic rings. The monoisotopic (exact) mass is 305 g/mol. The standard InChI is InChI=1S/C12H20BrNOS/c1-12(2,9-14-5-3-4-6-15)11-7-10(13)8-16-11/h7-8,14-15H,3-6,9H2,1-2H3. The van der Waals surface area contributed by atoms with Gasteiger partial charge in [-0.3, -0.25) is 0 Å². The number of hydrogen-bond donors (Lipinski definition) is 2. The van der Waals surface area contributed by atoms with Gasteiger partial charge in [0.15, 0.2) is 0 Å². The van der Waals surface area contributed by atoms with Crippen LogP contribution in [-0.2, 0) is 5.41 Å². The van der Waals surface area contributed by atoms with Crippen molar-refractivity contribution in [3.8, 4) is 0 Å². The Labute approximate surface area is 110 Å². The molecule has 0 aromatic carbocycles. The van der Waals surface area contributed by atoms with E-state index in [1.54, 1.807) is 11.3 Å². The third kappa shape index (κ3) is 4.53. The Morgan fingerprint density at radius 1 is 1.44 bits per heavy atom. The molecule has 0 aliphatic heterocycles. The second-order valence-electron chi connectivity index (χ2n) is 4.62. The van der Waals surface area contributed by atoms with E-state index >= 15 is 0 Å². The highest BCUT2D eigenvalue weighted by molar-refractivity contribution is 9.10. The smallest absolute Gasteiger partial charge is 0.0431 e. The lowest BCUT2D eigenvalue weighted by molar-refractivity contribution is 0.283. The quantitative estimate of drug-likeness (QED) is 0.759. The molecule has 2 nitrogen and oxygen atoms in total. The summed E-state index contributed by atoms with van der Waals surface area (Å²) in [5, 5.41) is 14.3. The van der Waals surface area contributed by atoms with Crippen molar-refractivity contribution in [3.05, 3.63) is 20.8 Å². The number of aliphatic hydroxyl groups excluding tert-OH is 1. The zero-order valence-electron chi connectivity index (χ0n) is 9.92. The van der Waals surface area contributed by atoms with Gasteiger partial charge in [-0.25, -0.2) is 0 Å². The fraction of sp³-hybridized carbons (Fsp3) is 0.667.